The molecule has 4 heteroatoms. The summed E-state index contributed by atoms with van der Waals surface area (Å²) in [5, 5.41) is 13.2. The zero-order chi connectivity index (χ0) is 17.5. The van der Waals surface area contributed by atoms with Crippen LogP contribution in [-0.2, 0) is 0 Å². The van der Waals surface area contributed by atoms with Gasteiger partial charge in [0.15, 0.2) is 0 Å². The van der Waals surface area contributed by atoms with E-state index in [1.807, 2.05) is 18.2 Å². The second-order valence-corrected chi connectivity index (χ2v) is 7.14. The highest BCUT2D eigenvalue weighted by Gasteiger charge is 2.19. The number of unbranched alkanes of at least 4 members (excludes halogenated alkanes) is 1. The first-order valence-electron chi connectivity index (χ1n) is 9.21. The van der Waals surface area contributed by atoms with Crippen molar-refractivity contribution in [2.24, 2.45) is 0 Å². The average molecular weight is 359 g/mol. The van der Waals surface area contributed by atoms with Crippen molar-refractivity contribution in [1.29, 1.82) is 0 Å². The molecular formula is C21H27ClN2O. The van der Waals surface area contributed by atoms with Crippen LogP contribution < -0.4 is 10.2 Å². The van der Waals surface area contributed by atoms with Crippen molar-refractivity contribution in [2.75, 3.05) is 31.1 Å². The smallest absolute Gasteiger partial charge is 0.0431 e. The second-order valence-electron chi connectivity index (χ2n) is 6.71. The van der Waals surface area contributed by atoms with Crippen molar-refractivity contribution >= 4 is 17.3 Å². The average Bonchev–Trinajstić information content (AvgIpc) is 2.66. The zero-order valence-corrected chi connectivity index (χ0v) is 15.4. The largest absolute Gasteiger partial charge is 0.396 e. The van der Waals surface area contributed by atoms with Gasteiger partial charge >= 0.3 is 0 Å². The summed E-state index contributed by atoms with van der Waals surface area (Å²) in [6.45, 7) is 3.46. The van der Waals surface area contributed by atoms with Gasteiger partial charge in [-0.1, -0.05) is 35.9 Å². The lowest BCUT2D eigenvalue weighted by atomic mass is 10.0. The Morgan fingerprint density at radius 2 is 1.72 bits per heavy atom. The summed E-state index contributed by atoms with van der Waals surface area (Å²) in [6.07, 6.45) is 4.28. The molecule has 0 aromatic heterocycles. The van der Waals surface area contributed by atoms with Gasteiger partial charge in [0.1, 0.15) is 0 Å². The summed E-state index contributed by atoms with van der Waals surface area (Å²) in [5.74, 6) is 0. The van der Waals surface area contributed by atoms with Crippen molar-refractivity contribution in [1.82, 2.24) is 5.32 Å². The van der Waals surface area contributed by atoms with Gasteiger partial charge in [0.2, 0.25) is 0 Å². The summed E-state index contributed by atoms with van der Waals surface area (Å²) in [6, 6.07) is 17.4. The maximum Gasteiger partial charge on any atom is 0.0431 e. The Hall–Kier alpha value is -1.55. The number of benzene rings is 2. The van der Waals surface area contributed by atoms with Gasteiger partial charge in [-0.15, -0.1) is 0 Å². The number of hydrogen-bond donors (Lipinski definition) is 2. The Bertz CT molecular complexity index is 668. The van der Waals surface area contributed by atoms with Crippen LogP contribution in [0.3, 0.4) is 0 Å². The summed E-state index contributed by atoms with van der Waals surface area (Å²) in [4.78, 5) is 2.47. The Morgan fingerprint density at radius 1 is 1.00 bits per heavy atom. The van der Waals surface area contributed by atoms with E-state index >= 15 is 0 Å². The van der Waals surface area contributed by atoms with Crippen LogP contribution in [-0.4, -0.2) is 37.4 Å². The molecule has 0 aliphatic carbocycles. The third kappa shape index (κ3) is 5.21. The molecule has 0 saturated carbocycles. The molecule has 25 heavy (non-hydrogen) atoms. The van der Waals surface area contributed by atoms with Crippen LogP contribution in [0.1, 0.15) is 25.7 Å². The number of aliphatic hydroxyl groups excluding tert-OH is 1. The number of rotatable bonds is 7. The molecular weight excluding hydrogens is 332 g/mol. The Balaban J connectivity index is 1.58. The molecule has 1 fully saturated rings. The Kier molecular flexibility index (Phi) is 6.74. The summed E-state index contributed by atoms with van der Waals surface area (Å²) >= 11 is 6.13. The number of nitrogens with zero attached hydrogens (tertiary/aromatic N) is 1. The number of anilines is 1. The topological polar surface area (TPSA) is 35.5 Å². The third-order valence-electron chi connectivity index (χ3n) is 4.88. The van der Waals surface area contributed by atoms with E-state index in [4.69, 9.17) is 16.7 Å². The standard InChI is InChI=1S/C21H27ClN2O/c22-19-7-3-5-17(15-19)18-6-4-8-21(16-18)24-12-9-20(10-13-24)23-11-1-2-14-25/h3-8,15-16,20,23,25H,1-2,9-14H2. The van der Waals surface area contributed by atoms with E-state index in [9.17, 15) is 0 Å². The maximum atomic E-state index is 8.84. The minimum absolute atomic E-state index is 0.295. The van der Waals surface area contributed by atoms with Crippen LogP contribution in [0.2, 0.25) is 5.02 Å². The maximum absolute atomic E-state index is 8.84. The summed E-state index contributed by atoms with van der Waals surface area (Å²) in [5.41, 5.74) is 3.66. The Morgan fingerprint density at radius 3 is 2.44 bits per heavy atom. The highest BCUT2D eigenvalue weighted by molar-refractivity contribution is 6.30. The minimum Gasteiger partial charge on any atom is -0.396 e. The van der Waals surface area contributed by atoms with Gasteiger partial charge in [-0.2, -0.15) is 0 Å². The normalized spacial score (nSPS) is 15.5. The van der Waals surface area contributed by atoms with Crippen molar-refractivity contribution < 1.29 is 5.11 Å². The highest BCUT2D eigenvalue weighted by Crippen LogP contribution is 2.28. The SMILES string of the molecule is OCCCCNC1CCN(c2cccc(-c3cccc(Cl)c3)c2)CC1. The fourth-order valence-electron chi connectivity index (χ4n) is 3.44. The molecule has 1 aliphatic heterocycles. The highest BCUT2D eigenvalue weighted by atomic mass is 35.5. The van der Waals surface area contributed by atoms with E-state index in [1.165, 1.54) is 24.1 Å². The van der Waals surface area contributed by atoms with Crippen LogP contribution in [0.25, 0.3) is 11.1 Å². The molecule has 0 atom stereocenters. The number of aliphatic hydroxyl groups is 1. The summed E-state index contributed by atoms with van der Waals surface area (Å²) in [7, 11) is 0. The minimum atomic E-state index is 0.295. The quantitative estimate of drug-likeness (QED) is 0.723. The van der Waals surface area contributed by atoms with Gasteiger partial charge in [-0.05, 0) is 67.6 Å². The first kappa shape index (κ1) is 18.2. The zero-order valence-electron chi connectivity index (χ0n) is 14.6. The second kappa shape index (κ2) is 9.23. The monoisotopic (exact) mass is 358 g/mol. The van der Waals surface area contributed by atoms with Crippen molar-refractivity contribution in [3.05, 3.63) is 53.6 Å². The van der Waals surface area contributed by atoms with E-state index in [0.29, 0.717) is 12.6 Å². The predicted molar refractivity (Wildman–Crippen MR) is 106 cm³/mol. The lowest BCUT2D eigenvalue weighted by Gasteiger charge is -2.34. The van der Waals surface area contributed by atoms with Gasteiger partial charge in [0, 0.05) is 36.4 Å². The molecule has 0 amide bonds. The number of piperidine rings is 1. The molecule has 3 rings (SSSR count). The Labute approximate surface area is 155 Å². The van der Waals surface area contributed by atoms with E-state index in [2.05, 4.69) is 40.5 Å². The number of halogens is 1. The van der Waals surface area contributed by atoms with Gasteiger partial charge in [0.25, 0.3) is 0 Å². The number of nitrogens with one attached hydrogen (secondary N) is 1. The lowest BCUT2D eigenvalue weighted by Crippen LogP contribution is -2.42. The molecule has 134 valence electrons. The van der Waals surface area contributed by atoms with Crippen LogP contribution in [0.5, 0.6) is 0 Å². The first-order valence-corrected chi connectivity index (χ1v) is 9.59. The molecule has 2 aromatic rings. The molecule has 2 N–H and O–H groups in total. The van der Waals surface area contributed by atoms with Gasteiger partial charge in [-0.3, -0.25) is 0 Å². The summed E-state index contributed by atoms with van der Waals surface area (Å²) < 4.78 is 0. The van der Waals surface area contributed by atoms with Gasteiger partial charge < -0.3 is 15.3 Å². The first-order chi connectivity index (χ1) is 12.3. The van der Waals surface area contributed by atoms with Crippen molar-refractivity contribution in [3.8, 4) is 11.1 Å². The number of hydrogen-bond acceptors (Lipinski definition) is 3. The molecule has 2 aromatic carbocycles. The fraction of sp³-hybridized carbons (Fsp3) is 0.429. The molecule has 1 aliphatic rings. The van der Waals surface area contributed by atoms with E-state index < -0.39 is 0 Å². The van der Waals surface area contributed by atoms with Crippen LogP contribution in [0.4, 0.5) is 5.69 Å². The van der Waals surface area contributed by atoms with Gasteiger partial charge in [-0.25, -0.2) is 0 Å². The van der Waals surface area contributed by atoms with E-state index in [-0.39, 0.29) is 0 Å². The molecule has 0 bridgehead atoms. The van der Waals surface area contributed by atoms with Gasteiger partial charge in [0.05, 0.1) is 0 Å². The van der Waals surface area contributed by atoms with E-state index in [0.717, 1.165) is 43.1 Å². The molecule has 0 radical (unpaired) electrons. The van der Waals surface area contributed by atoms with Crippen LogP contribution >= 0.6 is 11.6 Å². The molecule has 1 saturated heterocycles. The molecule has 0 unspecified atom stereocenters. The predicted octanol–water partition coefficient (Wildman–Crippen LogP) is 4.34. The van der Waals surface area contributed by atoms with Crippen molar-refractivity contribution in [3.63, 3.8) is 0 Å². The molecule has 1 heterocycles. The fourth-order valence-corrected chi connectivity index (χ4v) is 3.63. The van der Waals surface area contributed by atoms with Crippen molar-refractivity contribution in [2.45, 2.75) is 31.7 Å². The van der Waals surface area contributed by atoms with E-state index in [1.54, 1.807) is 0 Å². The lowest BCUT2D eigenvalue weighted by molar-refractivity contribution is 0.281. The van der Waals surface area contributed by atoms with Crippen LogP contribution in [0.15, 0.2) is 48.5 Å². The van der Waals surface area contributed by atoms with Crippen LogP contribution in [0, 0.1) is 0 Å². The molecule has 0 spiro atoms. The molecule has 3 nitrogen and oxygen atoms in total. The third-order valence-corrected chi connectivity index (χ3v) is 5.12.